The summed E-state index contributed by atoms with van der Waals surface area (Å²) < 4.78 is 11.6. The summed E-state index contributed by atoms with van der Waals surface area (Å²) in [7, 11) is 0. The fourth-order valence-electron chi connectivity index (χ4n) is 2.73. The maximum Gasteiger partial charge on any atom is 0.260 e. The van der Waals surface area contributed by atoms with Crippen LogP contribution in [0.25, 0.3) is 11.6 Å². The number of carbonyl (C=O) groups is 1. The van der Waals surface area contributed by atoms with Gasteiger partial charge in [0.25, 0.3) is 5.91 Å². The number of allylic oxidation sites excluding steroid dienone is 1. The largest absolute Gasteiger partial charge is 0.483 e. The first-order valence-corrected chi connectivity index (χ1v) is 9.42. The molecule has 2 aromatic rings. The number of nitriles is 1. The Labute approximate surface area is 166 Å². The lowest BCUT2D eigenvalue weighted by atomic mass is 10.0. The van der Waals surface area contributed by atoms with Crippen molar-refractivity contribution in [1.29, 1.82) is 5.26 Å². The summed E-state index contributed by atoms with van der Waals surface area (Å²) in [6.07, 6.45) is 1.82. The molecule has 0 aliphatic carbocycles. The number of ether oxygens (including phenoxy) is 2. The number of hydrogen-bond donors (Lipinski definition) is 0. The minimum Gasteiger partial charge on any atom is -0.483 e. The summed E-state index contributed by atoms with van der Waals surface area (Å²) in [5.41, 5.74) is 2.32. The molecular weight excluding hydrogens is 408 g/mol. The predicted octanol–water partition coefficient (Wildman–Crippen LogP) is 3.75. The van der Waals surface area contributed by atoms with E-state index in [0.717, 1.165) is 15.6 Å². The second kappa shape index (κ2) is 9.36. The molecule has 0 atom stereocenters. The third kappa shape index (κ3) is 5.19. The highest BCUT2D eigenvalue weighted by Crippen LogP contribution is 2.28. The van der Waals surface area contributed by atoms with Crippen molar-refractivity contribution in [1.82, 2.24) is 4.90 Å². The fraction of sp³-hybridized carbons (Fsp3) is 0.238. The van der Waals surface area contributed by atoms with E-state index < -0.39 is 0 Å². The van der Waals surface area contributed by atoms with E-state index in [0.29, 0.717) is 37.6 Å². The van der Waals surface area contributed by atoms with Crippen molar-refractivity contribution >= 4 is 33.5 Å². The Balaban J connectivity index is 1.67. The monoisotopic (exact) mass is 426 g/mol. The number of nitrogens with zero attached hydrogens (tertiary/aromatic N) is 2. The zero-order valence-electron chi connectivity index (χ0n) is 14.7. The zero-order chi connectivity index (χ0) is 19.1. The van der Waals surface area contributed by atoms with Crippen molar-refractivity contribution in [3.05, 3.63) is 64.1 Å². The first-order valence-electron chi connectivity index (χ1n) is 8.62. The van der Waals surface area contributed by atoms with E-state index >= 15 is 0 Å². The number of morpholine rings is 1. The zero-order valence-corrected chi connectivity index (χ0v) is 16.3. The van der Waals surface area contributed by atoms with Crippen molar-refractivity contribution in [3.63, 3.8) is 0 Å². The molecule has 1 amide bonds. The fourth-order valence-corrected chi connectivity index (χ4v) is 3.24. The molecule has 1 heterocycles. The molecule has 1 fully saturated rings. The number of halogens is 1. The van der Waals surface area contributed by atoms with Gasteiger partial charge < -0.3 is 14.4 Å². The lowest BCUT2D eigenvalue weighted by Crippen LogP contribution is -2.43. The molecule has 27 heavy (non-hydrogen) atoms. The van der Waals surface area contributed by atoms with E-state index in [2.05, 4.69) is 22.0 Å². The lowest BCUT2D eigenvalue weighted by molar-refractivity contribution is -0.137. The van der Waals surface area contributed by atoms with Gasteiger partial charge in [0.05, 0.1) is 29.3 Å². The third-order valence-corrected chi connectivity index (χ3v) is 4.81. The van der Waals surface area contributed by atoms with E-state index in [1.54, 1.807) is 11.0 Å². The van der Waals surface area contributed by atoms with Crippen LogP contribution in [0.1, 0.15) is 11.1 Å². The second-order valence-electron chi connectivity index (χ2n) is 6.01. The minimum absolute atomic E-state index is 0.0127. The predicted molar refractivity (Wildman–Crippen MR) is 107 cm³/mol. The first kappa shape index (κ1) is 19.2. The smallest absolute Gasteiger partial charge is 0.260 e. The van der Waals surface area contributed by atoms with E-state index in [-0.39, 0.29) is 12.5 Å². The molecule has 0 bridgehead atoms. The highest BCUT2D eigenvalue weighted by molar-refractivity contribution is 9.10. The van der Waals surface area contributed by atoms with E-state index in [1.165, 1.54) is 0 Å². The molecule has 5 nitrogen and oxygen atoms in total. The summed E-state index contributed by atoms with van der Waals surface area (Å²) in [4.78, 5) is 13.9. The number of hydrogen-bond acceptors (Lipinski definition) is 4. The number of carbonyl (C=O) groups excluding carboxylic acids is 1. The van der Waals surface area contributed by atoms with E-state index in [1.807, 2.05) is 48.5 Å². The van der Waals surface area contributed by atoms with Gasteiger partial charge in [-0.3, -0.25) is 4.79 Å². The Hall–Kier alpha value is -2.62. The van der Waals surface area contributed by atoms with Crippen LogP contribution >= 0.6 is 15.9 Å². The molecule has 0 aromatic heterocycles. The van der Waals surface area contributed by atoms with Gasteiger partial charge in [-0.25, -0.2) is 0 Å². The average Bonchev–Trinajstić information content (AvgIpc) is 2.72. The van der Waals surface area contributed by atoms with Gasteiger partial charge in [-0.1, -0.05) is 36.4 Å². The molecule has 2 aromatic carbocycles. The molecule has 3 rings (SSSR count). The second-order valence-corrected chi connectivity index (χ2v) is 6.86. The molecule has 1 aliphatic heterocycles. The van der Waals surface area contributed by atoms with Crippen LogP contribution < -0.4 is 4.74 Å². The molecule has 0 unspecified atom stereocenters. The summed E-state index contributed by atoms with van der Waals surface area (Å²) in [5.74, 6) is 0.539. The molecule has 0 saturated carbocycles. The van der Waals surface area contributed by atoms with Crippen LogP contribution in [0.3, 0.4) is 0 Å². The van der Waals surface area contributed by atoms with Gasteiger partial charge in [0, 0.05) is 13.1 Å². The van der Waals surface area contributed by atoms with Crippen LogP contribution in [0, 0.1) is 11.3 Å². The normalized spacial score (nSPS) is 14.5. The van der Waals surface area contributed by atoms with Gasteiger partial charge in [-0.05, 0) is 45.3 Å². The van der Waals surface area contributed by atoms with Crippen LogP contribution in [-0.2, 0) is 9.53 Å². The van der Waals surface area contributed by atoms with E-state index in [9.17, 15) is 10.1 Å². The van der Waals surface area contributed by atoms with Crippen LogP contribution in [0.5, 0.6) is 5.75 Å². The van der Waals surface area contributed by atoms with Gasteiger partial charge in [0.15, 0.2) is 6.61 Å². The van der Waals surface area contributed by atoms with Crippen LogP contribution in [0.2, 0.25) is 0 Å². The molecule has 0 N–H and O–H groups in total. The third-order valence-electron chi connectivity index (χ3n) is 4.19. The van der Waals surface area contributed by atoms with Crippen LogP contribution in [0.4, 0.5) is 0 Å². The van der Waals surface area contributed by atoms with Gasteiger partial charge in [-0.15, -0.1) is 0 Å². The summed E-state index contributed by atoms with van der Waals surface area (Å²) in [6.45, 7) is 2.33. The van der Waals surface area contributed by atoms with E-state index in [4.69, 9.17) is 9.47 Å². The summed E-state index contributed by atoms with van der Waals surface area (Å²) in [6, 6.07) is 17.3. The molecule has 6 heteroatoms. The highest BCUT2D eigenvalue weighted by Gasteiger charge is 2.17. The summed E-state index contributed by atoms with van der Waals surface area (Å²) in [5, 5.41) is 9.43. The SMILES string of the molecule is N#C/C(=C\c1ccc(OCC(=O)N2CCOCC2)c(Br)c1)c1ccccc1. The quantitative estimate of drug-likeness (QED) is 0.539. The van der Waals surface area contributed by atoms with Crippen LogP contribution in [0.15, 0.2) is 53.0 Å². The Morgan fingerprint density at radius 3 is 2.63 bits per heavy atom. The van der Waals surface area contributed by atoms with Crippen molar-refractivity contribution in [3.8, 4) is 11.8 Å². The number of benzene rings is 2. The van der Waals surface area contributed by atoms with Gasteiger partial charge in [0.1, 0.15) is 5.75 Å². The maximum atomic E-state index is 12.2. The molecule has 138 valence electrons. The Kier molecular flexibility index (Phi) is 6.64. The van der Waals surface area contributed by atoms with Gasteiger partial charge in [-0.2, -0.15) is 5.26 Å². The standard InChI is InChI=1S/C21H19BrN2O3/c22-19-13-16(12-18(14-23)17-4-2-1-3-5-17)6-7-20(19)27-15-21(25)24-8-10-26-11-9-24/h1-7,12-13H,8-11,15H2/b18-12+. The molecule has 0 radical (unpaired) electrons. The van der Waals surface area contributed by atoms with Crippen LogP contribution in [-0.4, -0.2) is 43.7 Å². The van der Waals surface area contributed by atoms with Crippen molar-refractivity contribution in [2.24, 2.45) is 0 Å². The summed E-state index contributed by atoms with van der Waals surface area (Å²) >= 11 is 3.48. The Morgan fingerprint density at radius 1 is 1.22 bits per heavy atom. The Bertz CT molecular complexity index is 869. The lowest BCUT2D eigenvalue weighted by Gasteiger charge is -2.26. The molecule has 1 saturated heterocycles. The molecule has 0 spiro atoms. The van der Waals surface area contributed by atoms with Gasteiger partial charge in [0.2, 0.25) is 0 Å². The van der Waals surface area contributed by atoms with Gasteiger partial charge >= 0.3 is 0 Å². The Morgan fingerprint density at radius 2 is 1.96 bits per heavy atom. The molecule has 1 aliphatic rings. The molecular formula is C21H19BrN2O3. The van der Waals surface area contributed by atoms with Crippen molar-refractivity contribution in [2.45, 2.75) is 0 Å². The van der Waals surface area contributed by atoms with Crippen molar-refractivity contribution in [2.75, 3.05) is 32.9 Å². The number of amides is 1. The maximum absolute atomic E-state index is 12.2. The average molecular weight is 427 g/mol. The first-order chi connectivity index (χ1) is 13.2. The topological polar surface area (TPSA) is 62.6 Å². The number of rotatable bonds is 5. The minimum atomic E-state index is -0.0509. The van der Waals surface area contributed by atoms with Crippen molar-refractivity contribution < 1.29 is 14.3 Å². The highest BCUT2D eigenvalue weighted by atomic mass is 79.9.